The number of aromatic amines is 1. The second-order valence-corrected chi connectivity index (χ2v) is 8.65. The Hall–Kier alpha value is -1.15. The minimum Gasteiger partial charge on any atom is -0.378 e. The topological polar surface area (TPSA) is 120 Å². The van der Waals surface area contributed by atoms with Crippen LogP contribution >= 0.6 is 0 Å². The molecule has 1 aliphatic rings. The van der Waals surface area contributed by atoms with Gasteiger partial charge in [0, 0.05) is 43.2 Å². The lowest BCUT2D eigenvalue weighted by molar-refractivity contribution is -0.00240. The van der Waals surface area contributed by atoms with E-state index < -0.39 is 10.8 Å². The molecule has 2 N–H and O–H groups in total. The molecule has 1 aliphatic heterocycles. The Balaban J connectivity index is 1.43. The van der Waals surface area contributed by atoms with Crippen LogP contribution in [0.15, 0.2) is 4.79 Å². The number of hydrogen-bond donors (Lipinski definition) is 2. The first-order chi connectivity index (χ1) is 14.6. The highest BCUT2D eigenvalue weighted by molar-refractivity contribution is 7.85. The van der Waals surface area contributed by atoms with E-state index in [1.165, 1.54) is 4.68 Å². The number of nitrogens with one attached hydrogen (secondary N) is 2. The second-order valence-electron chi connectivity index (χ2n) is 6.98. The molecule has 0 saturated carbocycles. The maximum atomic E-state index is 12.3. The molecule has 0 amide bonds. The van der Waals surface area contributed by atoms with Gasteiger partial charge in [0.25, 0.3) is 5.56 Å². The Morgan fingerprint density at radius 1 is 1.03 bits per heavy atom. The van der Waals surface area contributed by atoms with Crippen molar-refractivity contribution in [2.75, 3.05) is 85.8 Å². The fourth-order valence-corrected chi connectivity index (χ4v) is 3.63. The van der Waals surface area contributed by atoms with Crippen molar-refractivity contribution in [1.29, 1.82) is 0 Å². The van der Waals surface area contributed by atoms with Crippen molar-refractivity contribution in [3.05, 3.63) is 16.0 Å². The average molecular weight is 450 g/mol. The molecule has 1 saturated heterocycles. The monoisotopic (exact) mass is 449 g/mol. The number of H-pyrrole nitrogens is 1. The molecule has 0 aromatic carbocycles. The van der Waals surface area contributed by atoms with E-state index in [1.54, 1.807) is 6.26 Å². The highest BCUT2D eigenvalue weighted by atomic mass is 32.2. The lowest BCUT2D eigenvalue weighted by Crippen LogP contribution is -2.52. The van der Waals surface area contributed by atoms with Gasteiger partial charge in [-0.25, -0.2) is 9.90 Å². The van der Waals surface area contributed by atoms with E-state index in [9.17, 15) is 9.00 Å². The Kier molecular flexibility index (Phi) is 12.4. The van der Waals surface area contributed by atoms with Crippen molar-refractivity contribution in [1.82, 2.24) is 25.2 Å². The zero-order valence-corrected chi connectivity index (χ0v) is 18.8. The first kappa shape index (κ1) is 25.1. The molecule has 1 fully saturated rings. The molecule has 174 valence electrons. The van der Waals surface area contributed by atoms with Gasteiger partial charge in [0.1, 0.15) is 5.69 Å². The van der Waals surface area contributed by atoms with Crippen LogP contribution in [0.3, 0.4) is 0 Å². The average Bonchev–Trinajstić information content (AvgIpc) is 3.04. The molecule has 12 heteroatoms. The van der Waals surface area contributed by atoms with Gasteiger partial charge in [-0.05, 0) is 7.05 Å². The summed E-state index contributed by atoms with van der Waals surface area (Å²) in [6.45, 7) is 7.37. The van der Waals surface area contributed by atoms with E-state index in [2.05, 4.69) is 20.5 Å². The maximum absolute atomic E-state index is 12.3. The number of aromatic nitrogens is 3. The van der Waals surface area contributed by atoms with Crippen molar-refractivity contribution in [2.45, 2.75) is 18.3 Å². The molecule has 0 aliphatic carbocycles. The molecule has 2 heterocycles. The van der Waals surface area contributed by atoms with Crippen LogP contribution in [0.5, 0.6) is 0 Å². The predicted octanol–water partition coefficient (Wildman–Crippen LogP) is -1.58. The number of hydrogen-bond acceptors (Lipinski definition) is 9. The summed E-state index contributed by atoms with van der Waals surface area (Å²) in [4.78, 5) is 14.4. The Morgan fingerprint density at radius 2 is 1.60 bits per heavy atom. The largest absolute Gasteiger partial charge is 0.378 e. The third kappa shape index (κ3) is 9.33. The summed E-state index contributed by atoms with van der Waals surface area (Å²) >= 11 is 0. The van der Waals surface area contributed by atoms with Crippen molar-refractivity contribution >= 4 is 10.8 Å². The fourth-order valence-electron chi connectivity index (χ4n) is 2.79. The van der Waals surface area contributed by atoms with Gasteiger partial charge in [0.2, 0.25) is 0 Å². The lowest BCUT2D eigenvalue weighted by Gasteiger charge is -2.37. The zero-order chi connectivity index (χ0) is 21.6. The summed E-state index contributed by atoms with van der Waals surface area (Å²) < 4.78 is 34.5. The van der Waals surface area contributed by atoms with Gasteiger partial charge in [0.05, 0.1) is 64.6 Å². The highest BCUT2D eigenvalue weighted by Crippen LogP contribution is 2.14. The molecule has 0 bridgehead atoms. The third-order valence-electron chi connectivity index (χ3n) is 4.64. The van der Waals surface area contributed by atoms with E-state index in [4.69, 9.17) is 18.9 Å². The smallest absolute Gasteiger partial charge is 0.291 e. The van der Waals surface area contributed by atoms with Gasteiger partial charge in [-0.3, -0.25) is 13.9 Å². The second kappa shape index (κ2) is 14.8. The Labute approximate surface area is 179 Å². The third-order valence-corrected chi connectivity index (χ3v) is 5.87. The molecule has 1 unspecified atom stereocenters. The number of rotatable bonds is 18. The van der Waals surface area contributed by atoms with Gasteiger partial charge in [0.15, 0.2) is 0 Å². The standard InChI is InChI=1S/C18H35N5O6S/c1-19-3-5-26-7-9-28-11-12-29-10-8-27-6-4-23-18(24)17(20-21-23)15-22-13-16(14-22)30(2)25/h16,19,21H,3-15H2,1-2H3. The number of ether oxygens (including phenoxy) is 4. The maximum Gasteiger partial charge on any atom is 0.291 e. The molecule has 1 atom stereocenters. The van der Waals surface area contributed by atoms with Crippen LogP contribution in [0.2, 0.25) is 0 Å². The van der Waals surface area contributed by atoms with Crippen molar-refractivity contribution in [3.8, 4) is 0 Å². The number of likely N-dealkylation sites (tertiary alicyclic amines) is 1. The SMILES string of the molecule is CNCCOCCOCCOCCOCCn1[nH]nc(CN2CC(S(C)=O)C2)c1=O. The summed E-state index contributed by atoms with van der Waals surface area (Å²) in [7, 11) is 1.08. The van der Waals surface area contributed by atoms with Gasteiger partial charge in [-0.2, -0.15) is 5.10 Å². The lowest BCUT2D eigenvalue weighted by atomic mass is 10.2. The predicted molar refractivity (Wildman–Crippen MR) is 113 cm³/mol. The van der Waals surface area contributed by atoms with Crippen molar-refractivity contribution < 1.29 is 23.2 Å². The molecule has 11 nitrogen and oxygen atoms in total. The first-order valence-electron chi connectivity index (χ1n) is 10.3. The number of likely N-dealkylation sites (N-methyl/N-ethyl adjacent to an activating group) is 1. The summed E-state index contributed by atoms with van der Waals surface area (Å²) in [6, 6.07) is 0. The summed E-state index contributed by atoms with van der Waals surface area (Å²) in [5.41, 5.74) is 0.342. The molecule has 30 heavy (non-hydrogen) atoms. The van der Waals surface area contributed by atoms with Gasteiger partial charge >= 0.3 is 0 Å². The minimum atomic E-state index is -0.809. The zero-order valence-electron chi connectivity index (χ0n) is 18.0. The van der Waals surface area contributed by atoms with E-state index in [0.717, 1.165) is 19.6 Å². The van der Waals surface area contributed by atoms with E-state index >= 15 is 0 Å². The van der Waals surface area contributed by atoms with Crippen LogP contribution in [0.4, 0.5) is 0 Å². The quantitative estimate of drug-likeness (QED) is 0.256. The molecule has 0 radical (unpaired) electrons. The summed E-state index contributed by atoms with van der Waals surface area (Å²) in [5.74, 6) is 0. The first-order valence-corrected chi connectivity index (χ1v) is 11.9. The molecule has 1 aromatic heterocycles. The van der Waals surface area contributed by atoms with Crippen molar-refractivity contribution in [2.24, 2.45) is 0 Å². The van der Waals surface area contributed by atoms with Crippen LogP contribution < -0.4 is 10.9 Å². The molecular formula is C18H35N5O6S. The molecule has 1 aromatic rings. The summed E-state index contributed by atoms with van der Waals surface area (Å²) in [5, 5.41) is 10.0. The van der Waals surface area contributed by atoms with Crippen LogP contribution in [-0.4, -0.2) is 115 Å². The minimum absolute atomic E-state index is 0.136. The van der Waals surface area contributed by atoms with E-state index in [1.807, 2.05) is 7.05 Å². The van der Waals surface area contributed by atoms with Crippen LogP contribution in [-0.2, 0) is 42.8 Å². The van der Waals surface area contributed by atoms with E-state index in [-0.39, 0.29) is 10.8 Å². The molecular weight excluding hydrogens is 414 g/mol. The van der Waals surface area contributed by atoms with Crippen LogP contribution in [0.1, 0.15) is 5.69 Å². The van der Waals surface area contributed by atoms with Crippen molar-refractivity contribution in [3.63, 3.8) is 0 Å². The Morgan fingerprint density at radius 3 is 2.17 bits per heavy atom. The van der Waals surface area contributed by atoms with Crippen LogP contribution in [0, 0.1) is 0 Å². The van der Waals surface area contributed by atoms with Gasteiger partial charge < -0.3 is 24.3 Å². The highest BCUT2D eigenvalue weighted by Gasteiger charge is 2.30. The molecule has 2 rings (SSSR count). The van der Waals surface area contributed by atoms with E-state index in [0.29, 0.717) is 71.6 Å². The van der Waals surface area contributed by atoms with Gasteiger partial charge in [-0.15, -0.1) is 0 Å². The number of nitrogens with zero attached hydrogens (tertiary/aromatic N) is 3. The van der Waals surface area contributed by atoms with Crippen LogP contribution in [0.25, 0.3) is 0 Å². The Bertz CT molecular complexity index is 664. The molecule has 0 spiro atoms. The fraction of sp³-hybridized carbons (Fsp3) is 0.889. The summed E-state index contributed by atoms with van der Waals surface area (Å²) in [6.07, 6.45) is 1.71. The normalized spacial score (nSPS) is 16.1. The van der Waals surface area contributed by atoms with Gasteiger partial charge in [-0.1, -0.05) is 0 Å².